The van der Waals surface area contributed by atoms with Crippen LogP contribution in [0.5, 0.6) is 0 Å². The minimum absolute atomic E-state index is 0.105. The molecule has 0 bridgehead atoms. The van der Waals surface area contributed by atoms with Gasteiger partial charge in [-0.2, -0.15) is 0 Å². The van der Waals surface area contributed by atoms with Crippen LogP contribution in [0.4, 0.5) is 0 Å². The van der Waals surface area contributed by atoms with Gasteiger partial charge in [-0.25, -0.2) is 0 Å². The number of thiophene rings is 1. The van der Waals surface area contributed by atoms with E-state index in [4.69, 9.17) is 10.5 Å². The second kappa shape index (κ2) is 4.60. The molecule has 0 aromatic carbocycles. The van der Waals surface area contributed by atoms with Crippen LogP contribution in [0.15, 0.2) is 17.5 Å². The summed E-state index contributed by atoms with van der Waals surface area (Å²) in [7, 11) is 1.69. The lowest BCUT2D eigenvalue weighted by Crippen LogP contribution is -2.35. The van der Waals surface area contributed by atoms with Crippen LogP contribution >= 0.6 is 11.3 Å². The van der Waals surface area contributed by atoms with Crippen molar-refractivity contribution in [3.8, 4) is 0 Å². The Bertz CT molecular complexity index is 210. The third-order valence-electron chi connectivity index (χ3n) is 1.99. The van der Waals surface area contributed by atoms with Crippen molar-refractivity contribution in [3.63, 3.8) is 0 Å². The van der Waals surface area contributed by atoms with Crippen LogP contribution in [0.2, 0.25) is 0 Å². The molecule has 0 aliphatic carbocycles. The highest BCUT2D eigenvalue weighted by Crippen LogP contribution is 2.12. The molecule has 0 radical (unpaired) electrons. The maximum absolute atomic E-state index is 5.90. The van der Waals surface area contributed by atoms with Gasteiger partial charge in [0.05, 0.1) is 6.10 Å². The summed E-state index contributed by atoms with van der Waals surface area (Å²) in [6.45, 7) is 2.00. The summed E-state index contributed by atoms with van der Waals surface area (Å²) in [6.07, 6.45) is 1.04. The first-order chi connectivity index (χ1) is 5.74. The van der Waals surface area contributed by atoms with E-state index in [9.17, 15) is 0 Å². The van der Waals surface area contributed by atoms with E-state index in [2.05, 4.69) is 11.4 Å². The Kier molecular flexibility index (Phi) is 3.72. The van der Waals surface area contributed by atoms with Crippen LogP contribution in [-0.2, 0) is 11.2 Å². The van der Waals surface area contributed by atoms with Crippen molar-refractivity contribution >= 4 is 11.3 Å². The van der Waals surface area contributed by atoms with Gasteiger partial charge in [-0.15, -0.1) is 11.3 Å². The molecule has 2 nitrogen and oxygen atoms in total. The third-order valence-corrected chi connectivity index (χ3v) is 2.89. The maximum Gasteiger partial charge on any atom is 0.0697 e. The molecule has 0 saturated carbocycles. The molecule has 2 atom stereocenters. The molecule has 0 fully saturated rings. The summed E-state index contributed by atoms with van der Waals surface area (Å²) in [4.78, 5) is 1.33. The van der Waals surface area contributed by atoms with Gasteiger partial charge < -0.3 is 10.5 Å². The smallest absolute Gasteiger partial charge is 0.0697 e. The minimum Gasteiger partial charge on any atom is -0.380 e. The van der Waals surface area contributed by atoms with Crippen LogP contribution in [-0.4, -0.2) is 19.3 Å². The summed E-state index contributed by atoms with van der Waals surface area (Å²) in [6, 6.07) is 4.26. The zero-order chi connectivity index (χ0) is 8.97. The average Bonchev–Trinajstić information content (AvgIpc) is 2.55. The highest BCUT2D eigenvalue weighted by Gasteiger charge is 2.12. The molecule has 2 N–H and O–H groups in total. The molecule has 0 spiro atoms. The molecule has 1 aromatic heterocycles. The van der Waals surface area contributed by atoms with Crippen molar-refractivity contribution in [2.75, 3.05) is 7.11 Å². The van der Waals surface area contributed by atoms with E-state index in [1.165, 1.54) is 4.88 Å². The first-order valence-electron chi connectivity index (χ1n) is 4.04. The summed E-state index contributed by atoms with van der Waals surface area (Å²) in [5.41, 5.74) is 5.90. The molecule has 0 saturated heterocycles. The standard InChI is InChI=1S/C9H15NOS/c1-7(11-2)9(10)6-8-4-3-5-12-8/h3-5,7,9H,6,10H2,1-2H3. The van der Waals surface area contributed by atoms with Crippen molar-refractivity contribution in [2.45, 2.75) is 25.5 Å². The Hall–Kier alpha value is -0.380. The van der Waals surface area contributed by atoms with Crippen LogP contribution in [0, 0.1) is 0 Å². The lowest BCUT2D eigenvalue weighted by molar-refractivity contribution is 0.0958. The monoisotopic (exact) mass is 185 g/mol. The van der Waals surface area contributed by atoms with Crippen molar-refractivity contribution in [3.05, 3.63) is 22.4 Å². The Labute approximate surface area is 77.3 Å². The van der Waals surface area contributed by atoms with E-state index < -0.39 is 0 Å². The van der Waals surface area contributed by atoms with Gasteiger partial charge in [0.2, 0.25) is 0 Å². The lowest BCUT2D eigenvalue weighted by atomic mass is 10.1. The highest BCUT2D eigenvalue weighted by atomic mass is 32.1. The second-order valence-electron chi connectivity index (χ2n) is 2.89. The van der Waals surface area contributed by atoms with Crippen molar-refractivity contribution in [2.24, 2.45) is 5.73 Å². The molecule has 1 rings (SSSR count). The number of ether oxygens (including phenoxy) is 1. The zero-order valence-electron chi connectivity index (χ0n) is 7.49. The largest absolute Gasteiger partial charge is 0.380 e. The minimum atomic E-state index is 0.105. The van der Waals surface area contributed by atoms with Gasteiger partial charge in [0.15, 0.2) is 0 Å². The Morgan fingerprint density at radius 2 is 2.42 bits per heavy atom. The van der Waals surface area contributed by atoms with Crippen LogP contribution in [0.1, 0.15) is 11.8 Å². The fraction of sp³-hybridized carbons (Fsp3) is 0.556. The second-order valence-corrected chi connectivity index (χ2v) is 3.92. The first-order valence-corrected chi connectivity index (χ1v) is 4.92. The molecular weight excluding hydrogens is 170 g/mol. The van der Waals surface area contributed by atoms with E-state index >= 15 is 0 Å². The molecule has 2 unspecified atom stereocenters. The molecule has 3 heteroatoms. The van der Waals surface area contributed by atoms with E-state index in [0.29, 0.717) is 0 Å². The highest BCUT2D eigenvalue weighted by molar-refractivity contribution is 7.09. The van der Waals surface area contributed by atoms with Crippen LogP contribution in [0.3, 0.4) is 0 Å². The molecule has 0 amide bonds. The normalized spacial score (nSPS) is 15.9. The van der Waals surface area contributed by atoms with Gasteiger partial charge in [0, 0.05) is 18.0 Å². The average molecular weight is 185 g/mol. The van der Waals surface area contributed by atoms with Gasteiger partial charge in [0.1, 0.15) is 0 Å². The molecule has 1 heterocycles. The van der Waals surface area contributed by atoms with Crippen molar-refractivity contribution in [1.82, 2.24) is 0 Å². The quantitative estimate of drug-likeness (QED) is 0.774. The molecule has 0 aliphatic heterocycles. The maximum atomic E-state index is 5.90. The molecule has 0 aliphatic rings. The van der Waals surface area contributed by atoms with Crippen molar-refractivity contribution < 1.29 is 4.74 Å². The molecule has 1 aromatic rings. The predicted octanol–water partition coefficient (Wildman–Crippen LogP) is 1.65. The van der Waals surface area contributed by atoms with Crippen LogP contribution < -0.4 is 5.73 Å². The summed E-state index contributed by atoms with van der Waals surface area (Å²) >= 11 is 1.74. The van der Waals surface area contributed by atoms with Crippen molar-refractivity contribution in [1.29, 1.82) is 0 Å². The molecule has 12 heavy (non-hydrogen) atoms. The molecule has 68 valence electrons. The third kappa shape index (κ3) is 2.59. The van der Waals surface area contributed by atoms with Gasteiger partial charge >= 0.3 is 0 Å². The Morgan fingerprint density at radius 1 is 1.67 bits per heavy atom. The number of hydrogen-bond donors (Lipinski definition) is 1. The predicted molar refractivity (Wildman–Crippen MR) is 52.5 cm³/mol. The Morgan fingerprint density at radius 3 is 2.92 bits per heavy atom. The summed E-state index contributed by atoms with van der Waals surface area (Å²) < 4.78 is 5.14. The van der Waals surface area contributed by atoms with E-state index in [1.807, 2.05) is 13.0 Å². The van der Waals surface area contributed by atoms with Gasteiger partial charge in [0.25, 0.3) is 0 Å². The number of rotatable bonds is 4. The van der Waals surface area contributed by atoms with Crippen LogP contribution in [0.25, 0.3) is 0 Å². The van der Waals surface area contributed by atoms with Gasteiger partial charge in [-0.05, 0) is 24.8 Å². The number of hydrogen-bond acceptors (Lipinski definition) is 3. The summed E-state index contributed by atoms with van der Waals surface area (Å²) in [5.74, 6) is 0. The Balaban J connectivity index is 2.41. The first kappa shape index (κ1) is 9.71. The fourth-order valence-electron chi connectivity index (χ4n) is 1.00. The fourth-order valence-corrected chi connectivity index (χ4v) is 1.78. The van der Waals surface area contributed by atoms with E-state index in [0.717, 1.165) is 6.42 Å². The molecular formula is C9H15NOS. The summed E-state index contributed by atoms with van der Waals surface area (Å²) in [5, 5.41) is 2.07. The SMILES string of the molecule is COC(C)C(N)Cc1cccs1. The topological polar surface area (TPSA) is 35.2 Å². The number of nitrogens with two attached hydrogens (primary N) is 1. The van der Waals surface area contributed by atoms with Gasteiger partial charge in [-0.3, -0.25) is 0 Å². The van der Waals surface area contributed by atoms with E-state index in [1.54, 1.807) is 18.4 Å². The number of methoxy groups -OCH3 is 1. The zero-order valence-corrected chi connectivity index (χ0v) is 8.30. The van der Waals surface area contributed by atoms with E-state index in [-0.39, 0.29) is 12.1 Å². The lowest BCUT2D eigenvalue weighted by Gasteiger charge is -2.17. The van der Waals surface area contributed by atoms with Gasteiger partial charge in [-0.1, -0.05) is 6.07 Å².